The summed E-state index contributed by atoms with van der Waals surface area (Å²) in [7, 11) is 0. The highest BCUT2D eigenvalue weighted by Gasteiger charge is 2.35. The zero-order valence-corrected chi connectivity index (χ0v) is 19.9. The number of para-hydroxylation sites is 1. The highest BCUT2D eigenvalue weighted by Crippen LogP contribution is 2.40. The highest BCUT2D eigenvalue weighted by molar-refractivity contribution is 5.98. The van der Waals surface area contributed by atoms with Gasteiger partial charge >= 0.3 is 0 Å². The number of hydrogen-bond donors (Lipinski definition) is 0. The van der Waals surface area contributed by atoms with E-state index in [1.807, 2.05) is 46.0 Å². The van der Waals surface area contributed by atoms with Crippen molar-refractivity contribution in [3.8, 4) is 0 Å². The van der Waals surface area contributed by atoms with E-state index in [1.165, 1.54) is 5.69 Å². The molecule has 5 rings (SSSR count). The van der Waals surface area contributed by atoms with Crippen LogP contribution in [0.4, 0.5) is 11.4 Å². The van der Waals surface area contributed by atoms with Gasteiger partial charge in [-0.05, 0) is 49.7 Å². The Hall–Kier alpha value is -3.68. The van der Waals surface area contributed by atoms with Gasteiger partial charge in [0.15, 0.2) is 5.82 Å². The van der Waals surface area contributed by atoms with Crippen LogP contribution in [0.15, 0.2) is 54.9 Å². The summed E-state index contributed by atoms with van der Waals surface area (Å²) in [5, 5.41) is 4.65. The molecule has 2 aromatic carbocycles. The number of piperazine rings is 1. The molecule has 3 heterocycles. The minimum atomic E-state index is -0.151. The molecule has 176 valence electrons. The van der Waals surface area contributed by atoms with Crippen molar-refractivity contribution in [2.75, 3.05) is 42.5 Å². The highest BCUT2D eigenvalue weighted by atomic mass is 16.2. The summed E-state index contributed by atoms with van der Waals surface area (Å²) in [5.41, 5.74) is 3.60. The van der Waals surface area contributed by atoms with Crippen LogP contribution in [-0.2, 0) is 4.79 Å². The summed E-state index contributed by atoms with van der Waals surface area (Å²) in [6.07, 6.45) is 1.73. The first-order valence-corrected chi connectivity index (χ1v) is 11.8. The topological polar surface area (TPSA) is 74.6 Å². The first kappa shape index (κ1) is 22.1. The van der Waals surface area contributed by atoms with E-state index in [1.54, 1.807) is 18.2 Å². The third-order valence-electron chi connectivity index (χ3n) is 6.74. The Morgan fingerprint density at radius 1 is 1.00 bits per heavy atom. The Morgan fingerprint density at radius 2 is 1.74 bits per heavy atom. The molecule has 34 heavy (non-hydrogen) atoms. The van der Waals surface area contributed by atoms with Gasteiger partial charge in [0, 0.05) is 62.6 Å². The van der Waals surface area contributed by atoms with E-state index >= 15 is 0 Å². The molecule has 8 heteroatoms. The third-order valence-corrected chi connectivity index (χ3v) is 6.74. The molecule has 0 aliphatic carbocycles. The number of hydrogen-bond acceptors (Lipinski definition) is 5. The molecule has 0 N–H and O–H groups in total. The molecular weight excluding hydrogens is 428 g/mol. The fourth-order valence-electron chi connectivity index (χ4n) is 4.80. The van der Waals surface area contributed by atoms with Crippen molar-refractivity contribution in [1.82, 2.24) is 19.7 Å². The summed E-state index contributed by atoms with van der Waals surface area (Å²) in [6, 6.07) is 16.2. The van der Waals surface area contributed by atoms with Gasteiger partial charge in [0.2, 0.25) is 5.91 Å². The number of rotatable bonds is 4. The number of benzene rings is 2. The predicted octanol–water partition coefficient (Wildman–Crippen LogP) is 3.32. The van der Waals surface area contributed by atoms with Crippen molar-refractivity contribution in [3.63, 3.8) is 0 Å². The third kappa shape index (κ3) is 4.04. The lowest BCUT2D eigenvalue weighted by Crippen LogP contribution is -2.48. The van der Waals surface area contributed by atoms with Crippen molar-refractivity contribution in [3.05, 3.63) is 71.8 Å². The van der Waals surface area contributed by atoms with Crippen LogP contribution in [0.3, 0.4) is 0 Å². The van der Waals surface area contributed by atoms with Gasteiger partial charge < -0.3 is 14.7 Å². The lowest BCUT2D eigenvalue weighted by Gasteiger charge is -2.36. The van der Waals surface area contributed by atoms with Gasteiger partial charge in [0.25, 0.3) is 5.91 Å². The Bertz CT molecular complexity index is 1200. The van der Waals surface area contributed by atoms with E-state index < -0.39 is 0 Å². The van der Waals surface area contributed by atoms with Crippen LogP contribution < -0.4 is 9.80 Å². The number of anilines is 2. The quantitative estimate of drug-likeness (QED) is 0.600. The zero-order valence-electron chi connectivity index (χ0n) is 19.9. The number of aromatic nitrogens is 3. The molecule has 0 unspecified atom stereocenters. The van der Waals surface area contributed by atoms with Gasteiger partial charge in [0.05, 0.1) is 5.92 Å². The molecule has 1 aromatic heterocycles. The molecule has 2 aliphatic heterocycles. The van der Waals surface area contributed by atoms with E-state index in [0.29, 0.717) is 31.0 Å². The molecule has 0 saturated carbocycles. The maximum atomic E-state index is 13.4. The van der Waals surface area contributed by atoms with Crippen LogP contribution in [0.2, 0.25) is 0 Å². The number of amides is 2. The van der Waals surface area contributed by atoms with Crippen molar-refractivity contribution < 1.29 is 9.59 Å². The Kier molecular flexibility index (Phi) is 5.81. The van der Waals surface area contributed by atoms with E-state index in [-0.39, 0.29) is 23.8 Å². The molecule has 0 spiro atoms. The molecule has 1 saturated heterocycles. The lowest BCUT2D eigenvalue weighted by atomic mass is 9.98. The zero-order chi connectivity index (χ0) is 23.8. The van der Waals surface area contributed by atoms with Crippen molar-refractivity contribution in [2.24, 2.45) is 0 Å². The van der Waals surface area contributed by atoms with Crippen LogP contribution in [0.5, 0.6) is 0 Å². The molecule has 0 bridgehead atoms. The Balaban J connectivity index is 1.38. The molecular formula is C26H30N6O2. The van der Waals surface area contributed by atoms with Crippen molar-refractivity contribution in [1.29, 1.82) is 0 Å². The molecule has 1 atom stereocenters. The smallest absolute Gasteiger partial charge is 0.253 e. The molecule has 2 amide bonds. The van der Waals surface area contributed by atoms with E-state index in [4.69, 9.17) is 0 Å². The van der Waals surface area contributed by atoms with E-state index in [0.717, 1.165) is 24.3 Å². The van der Waals surface area contributed by atoms with Crippen molar-refractivity contribution >= 4 is 23.2 Å². The second kappa shape index (κ2) is 8.93. The second-order valence-electron chi connectivity index (χ2n) is 9.25. The minimum absolute atomic E-state index is 0.0243. The maximum absolute atomic E-state index is 13.4. The van der Waals surface area contributed by atoms with Crippen LogP contribution >= 0.6 is 0 Å². The second-order valence-corrected chi connectivity index (χ2v) is 9.25. The molecule has 2 aliphatic rings. The van der Waals surface area contributed by atoms with Crippen molar-refractivity contribution in [2.45, 2.75) is 32.7 Å². The Labute approximate surface area is 199 Å². The summed E-state index contributed by atoms with van der Waals surface area (Å²) in [4.78, 5) is 36.2. The van der Waals surface area contributed by atoms with Gasteiger partial charge in [-0.3, -0.25) is 14.3 Å². The number of fused-ring (bicyclic) bond motifs is 1. The largest absolute Gasteiger partial charge is 0.368 e. The Morgan fingerprint density at radius 3 is 2.38 bits per heavy atom. The summed E-state index contributed by atoms with van der Waals surface area (Å²) in [5.74, 6) is 0.528. The van der Waals surface area contributed by atoms with Crippen LogP contribution in [0.25, 0.3) is 0 Å². The fourth-order valence-corrected chi connectivity index (χ4v) is 4.80. The first-order valence-electron chi connectivity index (χ1n) is 11.8. The van der Waals surface area contributed by atoms with Gasteiger partial charge in [-0.25, -0.2) is 4.98 Å². The molecule has 1 fully saturated rings. The minimum Gasteiger partial charge on any atom is -0.368 e. The molecule has 3 aromatic rings. The monoisotopic (exact) mass is 458 g/mol. The normalized spacial score (nSPS) is 17.9. The number of nitrogens with zero attached hydrogens (tertiary/aromatic N) is 6. The van der Waals surface area contributed by atoms with Gasteiger partial charge in [0.1, 0.15) is 6.33 Å². The van der Waals surface area contributed by atoms with E-state index in [2.05, 4.69) is 41.0 Å². The first-order chi connectivity index (χ1) is 16.4. The SMILES string of the molecule is CC(=O)N1C[C@@H](c2ncn(C(C)C)n2)c2cc(C(=O)N3CCN(c4ccccc4)CC3)ccc21. The molecule has 0 radical (unpaired) electrons. The standard InChI is InChI=1S/C26H30N6O2/c1-18(2)32-17-27-25(28-32)23-16-31(19(3)33)24-10-9-20(15-22(23)24)26(34)30-13-11-29(12-14-30)21-7-5-4-6-8-21/h4-10,15,17-18,23H,11-14,16H2,1-3H3/t23-/m1/s1. The average molecular weight is 459 g/mol. The lowest BCUT2D eigenvalue weighted by molar-refractivity contribution is -0.116. The van der Waals surface area contributed by atoms with Gasteiger partial charge in [-0.2, -0.15) is 5.10 Å². The maximum Gasteiger partial charge on any atom is 0.253 e. The van der Waals surface area contributed by atoms with E-state index in [9.17, 15) is 9.59 Å². The number of carbonyl (C=O) groups excluding carboxylic acids is 2. The van der Waals surface area contributed by atoms with Crippen LogP contribution in [0, 0.1) is 0 Å². The summed E-state index contributed by atoms with van der Waals surface area (Å²) >= 11 is 0. The van der Waals surface area contributed by atoms with Crippen LogP contribution in [-0.4, -0.2) is 64.2 Å². The average Bonchev–Trinajstić information content (AvgIpc) is 3.49. The van der Waals surface area contributed by atoms with Gasteiger partial charge in [-0.1, -0.05) is 18.2 Å². The predicted molar refractivity (Wildman–Crippen MR) is 131 cm³/mol. The molecule has 8 nitrogen and oxygen atoms in total. The fraction of sp³-hybridized carbons (Fsp3) is 0.385. The van der Waals surface area contributed by atoms with Gasteiger partial charge in [-0.15, -0.1) is 0 Å². The summed E-state index contributed by atoms with van der Waals surface area (Å²) < 4.78 is 1.83. The summed E-state index contributed by atoms with van der Waals surface area (Å²) in [6.45, 7) is 9.12. The number of carbonyl (C=O) groups is 2. The van der Waals surface area contributed by atoms with Crippen LogP contribution in [0.1, 0.15) is 54.5 Å².